The van der Waals surface area contributed by atoms with Gasteiger partial charge in [-0.15, -0.1) is 0 Å². The van der Waals surface area contributed by atoms with E-state index < -0.39 is 5.92 Å². The van der Waals surface area contributed by atoms with Crippen molar-refractivity contribution in [3.63, 3.8) is 0 Å². The van der Waals surface area contributed by atoms with E-state index in [9.17, 15) is 14.7 Å². The molecule has 0 aliphatic carbocycles. The van der Waals surface area contributed by atoms with Gasteiger partial charge in [-0.1, -0.05) is 26.0 Å². The number of anilines is 1. The fourth-order valence-corrected chi connectivity index (χ4v) is 3.61. The van der Waals surface area contributed by atoms with Gasteiger partial charge in [0.1, 0.15) is 5.92 Å². The van der Waals surface area contributed by atoms with Crippen molar-refractivity contribution in [2.24, 2.45) is 11.8 Å². The Labute approximate surface area is 143 Å². The molecule has 2 heterocycles. The van der Waals surface area contributed by atoms with E-state index in [0.717, 1.165) is 12.1 Å². The van der Waals surface area contributed by atoms with Crippen LogP contribution in [-0.2, 0) is 9.59 Å². The predicted octanol–water partition coefficient (Wildman–Crippen LogP) is 2.00. The lowest BCUT2D eigenvalue weighted by atomic mass is 10.0. The standard InChI is InChI=1S/C19H26N2O3/c1-13(2)15-3-5-16(6-4-15)21-10-8-17(19(21)24)18(23)20-9-7-14(11-20)12-22/h3-6,13-14,17,22H,7-12H2,1-2H3. The number of likely N-dealkylation sites (tertiary alicyclic amines) is 1. The summed E-state index contributed by atoms with van der Waals surface area (Å²) in [4.78, 5) is 28.8. The molecule has 2 saturated heterocycles. The number of hydrogen-bond acceptors (Lipinski definition) is 3. The molecule has 5 nitrogen and oxygen atoms in total. The lowest BCUT2D eigenvalue weighted by Gasteiger charge is -2.21. The quantitative estimate of drug-likeness (QED) is 0.859. The van der Waals surface area contributed by atoms with Gasteiger partial charge in [-0.2, -0.15) is 0 Å². The fraction of sp³-hybridized carbons (Fsp3) is 0.579. The van der Waals surface area contributed by atoms with Gasteiger partial charge in [0.15, 0.2) is 0 Å². The van der Waals surface area contributed by atoms with Crippen LogP contribution >= 0.6 is 0 Å². The predicted molar refractivity (Wildman–Crippen MR) is 92.8 cm³/mol. The van der Waals surface area contributed by atoms with Crippen molar-refractivity contribution in [1.29, 1.82) is 0 Å². The first-order valence-corrected chi connectivity index (χ1v) is 8.82. The number of benzene rings is 1. The summed E-state index contributed by atoms with van der Waals surface area (Å²) >= 11 is 0. The van der Waals surface area contributed by atoms with Crippen molar-refractivity contribution in [3.8, 4) is 0 Å². The van der Waals surface area contributed by atoms with Crippen LogP contribution in [0.1, 0.15) is 38.2 Å². The molecule has 2 atom stereocenters. The van der Waals surface area contributed by atoms with Crippen molar-refractivity contribution in [2.75, 3.05) is 31.1 Å². The fourth-order valence-electron chi connectivity index (χ4n) is 3.61. The summed E-state index contributed by atoms with van der Waals surface area (Å²) in [6, 6.07) is 8.04. The molecule has 2 fully saturated rings. The second-order valence-electron chi connectivity index (χ2n) is 7.20. The first-order valence-electron chi connectivity index (χ1n) is 8.82. The Bertz CT molecular complexity index is 612. The topological polar surface area (TPSA) is 60.9 Å². The largest absolute Gasteiger partial charge is 0.396 e. The molecule has 0 bridgehead atoms. The second kappa shape index (κ2) is 6.93. The smallest absolute Gasteiger partial charge is 0.239 e. The van der Waals surface area contributed by atoms with Gasteiger partial charge < -0.3 is 14.9 Å². The molecule has 2 aliphatic rings. The number of amides is 2. The van der Waals surface area contributed by atoms with Gasteiger partial charge in [0.25, 0.3) is 0 Å². The molecular weight excluding hydrogens is 304 g/mol. The van der Waals surface area contributed by atoms with Crippen LogP contribution in [0, 0.1) is 11.8 Å². The van der Waals surface area contributed by atoms with Gasteiger partial charge in [-0.05, 0) is 36.5 Å². The minimum Gasteiger partial charge on any atom is -0.396 e. The van der Waals surface area contributed by atoms with Crippen molar-refractivity contribution < 1.29 is 14.7 Å². The Kier molecular flexibility index (Phi) is 4.90. The van der Waals surface area contributed by atoms with Crippen LogP contribution in [0.25, 0.3) is 0 Å². The van der Waals surface area contributed by atoms with E-state index >= 15 is 0 Å². The molecule has 1 aromatic carbocycles. The summed E-state index contributed by atoms with van der Waals surface area (Å²) in [7, 11) is 0. The maximum absolute atomic E-state index is 12.7. The van der Waals surface area contributed by atoms with Crippen molar-refractivity contribution in [1.82, 2.24) is 4.90 Å². The summed E-state index contributed by atoms with van der Waals surface area (Å²) < 4.78 is 0. The summed E-state index contributed by atoms with van der Waals surface area (Å²) in [5.41, 5.74) is 2.11. The first kappa shape index (κ1) is 17.0. The van der Waals surface area contributed by atoms with Gasteiger partial charge >= 0.3 is 0 Å². The Morgan fingerprint density at radius 2 is 1.92 bits per heavy atom. The molecule has 3 rings (SSSR count). The first-order chi connectivity index (χ1) is 11.5. The highest BCUT2D eigenvalue weighted by molar-refractivity contribution is 6.09. The van der Waals surface area contributed by atoms with E-state index in [0.29, 0.717) is 32.0 Å². The van der Waals surface area contributed by atoms with Crippen molar-refractivity contribution >= 4 is 17.5 Å². The Morgan fingerprint density at radius 1 is 1.21 bits per heavy atom. The average Bonchev–Trinajstić information content (AvgIpc) is 3.21. The molecule has 5 heteroatoms. The van der Waals surface area contributed by atoms with Crippen LogP contribution in [0.15, 0.2) is 24.3 Å². The summed E-state index contributed by atoms with van der Waals surface area (Å²) in [5.74, 6) is -0.114. The number of carbonyl (C=O) groups is 2. The van der Waals surface area contributed by atoms with Crippen molar-refractivity contribution in [3.05, 3.63) is 29.8 Å². The molecule has 24 heavy (non-hydrogen) atoms. The molecule has 2 aliphatic heterocycles. The van der Waals surface area contributed by atoms with Crippen LogP contribution in [0.4, 0.5) is 5.69 Å². The third-order valence-corrected chi connectivity index (χ3v) is 5.23. The molecule has 130 valence electrons. The van der Waals surface area contributed by atoms with E-state index in [1.165, 1.54) is 5.56 Å². The molecule has 0 radical (unpaired) electrons. The molecule has 0 aromatic heterocycles. The van der Waals surface area contributed by atoms with Crippen LogP contribution in [0.5, 0.6) is 0 Å². The van der Waals surface area contributed by atoms with Crippen molar-refractivity contribution in [2.45, 2.75) is 32.6 Å². The lowest BCUT2D eigenvalue weighted by Crippen LogP contribution is -2.39. The molecule has 2 unspecified atom stereocenters. The Balaban J connectivity index is 1.67. The summed E-state index contributed by atoms with van der Waals surface area (Å²) in [6.45, 7) is 6.20. The number of aliphatic hydroxyl groups is 1. The minimum atomic E-state index is -0.563. The van der Waals surface area contributed by atoms with E-state index in [1.807, 2.05) is 12.1 Å². The highest BCUT2D eigenvalue weighted by atomic mass is 16.3. The highest BCUT2D eigenvalue weighted by Gasteiger charge is 2.41. The maximum atomic E-state index is 12.7. The number of nitrogens with zero attached hydrogens (tertiary/aromatic N) is 2. The number of aliphatic hydroxyl groups excluding tert-OH is 1. The average molecular weight is 330 g/mol. The van der Waals surface area contributed by atoms with Gasteiger partial charge in [0.2, 0.25) is 11.8 Å². The van der Waals surface area contributed by atoms with E-state index in [1.54, 1.807) is 9.80 Å². The maximum Gasteiger partial charge on any atom is 0.239 e. The van der Waals surface area contributed by atoms with E-state index in [2.05, 4.69) is 26.0 Å². The van der Waals surface area contributed by atoms with Gasteiger partial charge in [0, 0.05) is 37.8 Å². The number of carbonyl (C=O) groups excluding carboxylic acids is 2. The second-order valence-corrected chi connectivity index (χ2v) is 7.20. The molecule has 0 saturated carbocycles. The van der Waals surface area contributed by atoms with Gasteiger partial charge in [0.05, 0.1) is 0 Å². The number of rotatable bonds is 4. The monoisotopic (exact) mass is 330 g/mol. The third kappa shape index (κ3) is 3.18. The summed E-state index contributed by atoms with van der Waals surface area (Å²) in [5, 5.41) is 9.22. The van der Waals surface area contributed by atoms with Crippen LogP contribution in [-0.4, -0.2) is 48.1 Å². The normalized spacial score (nSPS) is 24.2. The lowest BCUT2D eigenvalue weighted by molar-refractivity contribution is -0.139. The molecule has 1 N–H and O–H groups in total. The Hall–Kier alpha value is -1.88. The molecular formula is C19H26N2O3. The zero-order chi connectivity index (χ0) is 17.3. The SMILES string of the molecule is CC(C)c1ccc(N2CCC(C(=O)N3CCC(CO)C3)C2=O)cc1. The highest BCUT2D eigenvalue weighted by Crippen LogP contribution is 2.29. The minimum absolute atomic E-state index is 0.0720. The number of hydrogen-bond donors (Lipinski definition) is 1. The van der Waals surface area contributed by atoms with Gasteiger partial charge in [-0.25, -0.2) is 0 Å². The van der Waals surface area contributed by atoms with E-state index in [-0.39, 0.29) is 24.3 Å². The van der Waals surface area contributed by atoms with Crippen LogP contribution in [0.3, 0.4) is 0 Å². The molecule has 2 amide bonds. The third-order valence-electron chi connectivity index (χ3n) is 5.23. The molecule has 1 aromatic rings. The van der Waals surface area contributed by atoms with E-state index in [4.69, 9.17) is 0 Å². The Morgan fingerprint density at radius 3 is 2.50 bits per heavy atom. The zero-order valence-electron chi connectivity index (χ0n) is 14.4. The van der Waals surface area contributed by atoms with Crippen LogP contribution < -0.4 is 4.90 Å². The van der Waals surface area contributed by atoms with Gasteiger partial charge in [-0.3, -0.25) is 9.59 Å². The summed E-state index contributed by atoms with van der Waals surface area (Å²) in [6.07, 6.45) is 1.40. The zero-order valence-corrected chi connectivity index (χ0v) is 14.4. The molecule has 0 spiro atoms. The van der Waals surface area contributed by atoms with Crippen LogP contribution in [0.2, 0.25) is 0 Å².